The normalized spacial score (nSPS) is 19.4. The molecule has 2 unspecified atom stereocenters. The Balaban J connectivity index is 1.73. The van der Waals surface area contributed by atoms with Crippen LogP contribution in [0.4, 0.5) is 5.69 Å². The Morgan fingerprint density at radius 2 is 2.16 bits per heavy atom. The topological polar surface area (TPSA) is 128 Å². The highest BCUT2D eigenvalue weighted by Crippen LogP contribution is 2.49. The van der Waals surface area contributed by atoms with Gasteiger partial charge in [-0.1, -0.05) is 18.2 Å². The summed E-state index contributed by atoms with van der Waals surface area (Å²) in [5.74, 6) is -0.805. The molecule has 0 aromatic carbocycles. The molecule has 9 heteroatoms. The SMILES string of the molecule is C=CC=C(N=C)NC(=O)C1C2C(C)=C2CN1C(=O)CNc1cnccc1C(=N)C(C)=O. The van der Waals surface area contributed by atoms with Crippen molar-refractivity contribution in [1.29, 1.82) is 5.41 Å². The van der Waals surface area contributed by atoms with E-state index in [-0.39, 0.29) is 35.8 Å². The third-order valence-corrected chi connectivity index (χ3v) is 5.42. The van der Waals surface area contributed by atoms with Crippen LogP contribution in [0.2, 0.25) is 0 Å². The van der Waals surface area contributed by atoms with E-state index < -0.39 is 11.8 Å². The Hall–Kier alpha value is -3.88. The average molecular weight is 420 g/mol. The molecule has 0 saturated carbocycles. The minimum Gasteiger partial charge on any atom is -0.374 e. The highest BCUT2D eigenvalue weighted by atomic mass is 16.2. The molecule has 31 heavy (non-hydrogen) atoms. The number of nitrogens with one attached hydrogen (secondary N) is 3. The lowest BCUT2D eigenvalue weighted by molar-refractivity contribution is -0.137. The minimum atomic E-state index is -0.664. The van der Waals surface area contributed by atoms with Crippen molar-refractivity contribution in [3.8, 4) is 0 Å². The second kappa shape index (κ2) is 8.86. The monoisotopic (exact) mass is 420 g/mol. The van der Waals surface area contributed by atoms with Crippen LogP contribution in [0.5, 0.6) is 0 Å². The molecule has 1 saturated heterocycles. The summed E-state index contributed by atoms with van der Waals surface area (Å²) in [6.45, 7) is 10.6. The van der Waals surface area contributed by atoms with Crippen LogP contribution in [0.1, 0.15) is 19.4 Å². The summed E-state index contributed by atoms with van der Waals surface area (Å²) in [6.07, 6.45) is 5.95. The number of anilines is 1. The summed E-state index contributed by atoms with van der Waals surface area (Å²) in [4.78, 5) is 46.7. The van der Waals surface area contributed by atoms with E-state index in [0.717, 1.165) is 11.1 Å². The number of allylic oxidation sites excluding steroid dienone is 2. The number of carbonyl (C=O) groups excluding carboxylic acids is 3. The van der Waals surface area contributed by atoms with Crippen molar-refractivity contribution in [1.82, 2.24) is 15.2 Å². The van der Waals surface area contributed by atoms with E-state index >= 15 is 0 Å². The van der Waals surface area contributed by atoms with Gasteiger partial charge in [-0.2, -0.15) is 0 Å². The number of carbonyl (C=O) groups is 3. The fourth-order valence-electron chi connectivity index (χ4n) is 3.73. The first-order chi connectivity index (χ1) is 14.8. The highest BCUT2D eigenvalue weighted by molar-refractivity contribution is 6.45. The number of hydrogen-bond acceptors (Lipinski definition) is 7. The number of rotatable bonds is 9. The summed E-state index contributed by atoms with van der Waals surface area (Å²) in [7, 11) is 0. The Morgan fingerprint density at radius 3 is 2.81 bits per heavy atom. The van der Waals surface area contributed by atoms with Gasteiger partial charge in [0.15, 0.2) is 5.78 Å². The maximum absolute atomic E-state index is 13.0. The molecular weight excluding hydrogens is 396 g/mol. The van der Waals surface area contributed by atoms with Gasteiger partial charge in [0, 0.05) is 31.1 Å². The Kier molecular flexibility index (Phi) is 6.24. The highest BCUT2D eigenvalue weighted by Gasteiger charge is 2.53. The zero-order valence-electron chi connectivity index (χ0n) is 17.4. The third kappa shape index (κ3) is 4.35. The molecule has 1 aromatic rings. The van der Waals surface area contributed by atoms with Crippen molar-refractivity contribution < 1.29 is 14.4 Å². The Bertz CT molecular complexity index is 1060. The number of aliphatic imine (C=N–C) groups is 1. The lowest BCUT2D eigenvalue weighted by Gasteiger charge is -2.27. The zero-order valence-corrected chi connectivity index (χ0v) is 17.4. The van der Waals surface area contributed by atoms with E-state index in [0.29, 0.717) is 17.8 Å². The van der Waals surface area contributed by atoms with Crippen molar-refractivity contribution in [2.24, 2.45) is 10.9 Å². The minimum absolute atomic E-state index is 0.0569. The number of pyridine rings is 1. The van der Waals surface area contributed by atoms with Crippen molar-refractivity contribution in [2.45, 2.75) is 19.9 Å². The summed E-state index contributed by atoms with van der Waals surface area (Å²) in [5, 5.41) is 13.6. The standard InChI is InChI=1S/C22H24N6O3/c1-5-6-17(24-4)27-22(31)21-19-12(2)15(19)11-28(21)18(30)10-26-16-9-25-8-7-14(16)20(23)13(3)29/h5-9,19,21,23,26H,1,4,10-11H2,2-3H3,(H,27,31). The van der Waals surface area contributed by atoms with Gasteiger partial charge in [-0.25, -0.2) is 4.99 Å². The van der Waals surface area contributed by atoms with Crippen molar-refractivity contribution >= 4 is 35.7 Å². The summed E-state index contributed by atoms with van der Waals surface area (Å²) < 4.78 is 0. The number of likely N-dealkylation sites (tertiary alicyclic amines) is 1. The molecule has 1 aromatic heterocycles. The van der Waals surface area contributed by atoms with Crippen LogP contribution in [-0.2, 0) is 14.4 Å². The van der Waals surface area contributed by atoms with Crippen molar-refractivity contribution in [3.05, 3.63) is 59.7 Å². The molecule has 160 valence electrons. The maximum Gasteiger partial charge on any atom is 0.249 e. The molecule has 2 heterocycles. The summed E-state index contributed by atoms with van der Waals surface area (Å²) in [6, 6.07) is 0.880. The molecule has 2 aliphatic rings. The number of amides is 2. The van der Waals surface area contributed by atoms with Crippen LogP contribution in [0.15, 0.2) is 59.2 Å². The van der Waals surface area contributed by atoms with E-state index in [1.54, 1.807) is 6.07 Å². The molecule has 3 rings (SSSR count). The predicted molar refractivity (Wildman–Crippen MR) is 118 cm³/mol. The summed E-state index contributed by atoms with van der Waals surface area (Å²) in [5.41, 5.74) is 2.82. The van der Waals surface area contributed by atoms with E-state index in [1.807, 2.05) is 6.92 Å². The molecule has 1 aliphatic carbocycles. The number of Topliss-reactive ketones (excluding diaryl/α,β-unsaturated/α-hetero) is 1. The fraction of sp³-hybridized carbons (Fsp3) is 0.273. The van der Waals surface area contributed by atoms with Gasteiger partial charge >= 0.3 is 0 Å². The number of fused-ring (bicyclic) bond motifs is 1. The number of hydrogen-bond donors (Lipinski definition) is 3. The van der Waals surface area contributed by atoms with Crippen LogP contribution in [0.25, 0.3) is 0 Å². The smallest absolute Gasteiger partial charge is 0.249 e. The van der Waals surface area contributed by atoms with Gasteiger partial charge in [-0.3, -0.25) is 24.8 Å². The second-order valence-corrected chi connectivity index (χ2v) is 7.29. The van der Waals surface area contributed by atoms with Gasteiger partial charge in [0.1, 0.15) is 17.6 Å². The summed E-state index contributed by atoms with van der Waals surface area (Å²) >= 11 is 0. The van der Waals surface area contributed by atoms with Crippen LogP contribution in [0.3, 0.4) is 0 Å². The molecule has 0 bridgehead atoms. The van der Waals surface area contributed by atoms with E-state index in [4.69, 9.17) is 5.41 Å². The largest absolute Gasteiger partial charge is 0.374 e. The van der Waals surface area contributed by atoms with Crippen LogP contribution >= 0.6 is 0 Å². The zero-order chi connectivity index (χ0) is 22.7. The van der Waals surface area contributed by atoms with Gasteiger partial charge in [0.25, 0.3) is 0 Å². The predicted octanol–water partition coefficient (Wildman–Crippen LogP) is 1.45. The number of ketones is 1. The molecule has 2 atom stereocenters. The Labute approximate surface area is 180 Å². The first-order valence-corrected chi connectivity index (χ1v) is 9.67. The fourth-order valence-corrected chi connectivity index (χ4v) is 3.73. The molecule has 9 nitrogen and oxygen atoms in total. The third-order valence-electron chi connectivity index (χ3n) is 5.42. The molecule has 0 spiro atoms. The Morgan fingerprint density at radius 1 is 1.42 bits per heavy atom. The van der Waals surface area contributed by atoms with Gasteiger partial charge in [-0.15, -0.1) is 0 Å². The molecule has 1 fully saturated rings. The molecule has 3 N–H and O–H groups in total. The first kappa shape index (κ1) is 21.8. The maximum atomic E-state index is 13.0. The first-order valence-electron chi connectivity index (χ1n) is 9.67. The van der Waals surface area contributed by atoms with Gasteiger partial charge in [0.2, 0.25) is 11.8 Å². The second-order valence-electron chi connectivity index (χ2n) is 7.29. The van der Waals surface area contributed by atoms with E-state index in [9.17, 15) is 14.4 Å². The van der Waals surface area contributed by atoms with Gasteiger partial charge in [-0.05, 0) is 31.4 Å². The molecular formula is C22H24N6O3. The van der Waals surface area contributed by atoms with E-state index in [2.05, 4.69) is 33.9 Å². The number of nitrogens with zero attached hydrogens (tertiary/aromatic N) is 3. The van der Waals surface area contributed by atoms with Crippen LogP contribution in [0, 0.1) is 11.3 Å². The lowest BCUT2D eigenvalue weighted by atomic mass is 10.1. The molecule has 0 radical (unpaired) electrons. The van der Waals surface area contributed by atoms with Crippen molar-refractivity contribution in [3.63, 3.8) is 0 Å². The average Bonchev–Trinajstić information content (AvgIpc) is 3.20. The quantitative estimate of drug-likeness (QED) is 0.317. The van der Waals surface area contributed by atoms with E-state index in [1.165, 1.54) is 36.4 Å². The van der Waals surface area contributed by atoms with Crippen LogP contribution < -0.4 is 10.6 Å². The lowest BCUT2D eigenvalue weighted by Crippen LogP contribution is -2.49. The number of aromatic nitrogens is 1. The molecule has 1 aliphatic heterocycles. The van der Waals surface area contributed by atoms with Gasteiger partial charge < -0.3 is 15.5 Å². The van der Waals surface area contributed by atoms with Crippen molar-refractivity contribution in [2.75, 3.05) is 18.4 Å². The molecule has 2 amide bonds. The van der Waals surface area contributed by atoms with Crippen LogP contribution in [-0.4, -0.2) is 59.0 Å². The van der Waals surface area contributed by atoms with Gasteiger partial charge in [0.05, 0.1) is 18.4 Å².